The van der Waals surface area contributed by atoms with Crippen molar-refractivity contribution in [2.45, 2.75) is 26.8 Å². The van der Waals surface area contributed by atoms with E-state index in [1.165, 1.54) is 5.56 Å². The molecule has 2 aromatic heterocycles. The van der Waals surface area contributed by atoms with Crippen LogP contribution in [-0.2, 0) is 20.0 Å². The van der Waals surface area contributed by atoms with Crippen molar-refractivity contribution in [1.82, 2.24) is 14.8 Å². The highest BCUT2D eigenvalue weighted by Gasteiger charge is 2.07. The molecule has 0 aliphatic carbocycles. The van der Waals surface area contributed by atoms with Gasteiger partial charge in [-0.25, -0.2) is 4.98 Å². The van der Waals surface area contributed by atoms with Gasteiger partial charge in [-0.1, -0.05) is 6.92 Å². The van der Waals surface area contributed by atoms with Crippen LogP contribution < -0.4 is 11.1 Å². The average molecular weight is 245 g/mol. The van der Waals surface area contributed by atoms with E-state index in [-0.39, 0.29) is 0 Å². The molecule has 18 heavy (non-hydrogen) atoms. The van der Waals surface area contributed by atoms with E-state index in [0.717, 1.165) is 23.5 Å². The number of aromatic nitrogens is 3. The van der Waals surface area contributed by atoms with Gasteiger partial charge in [-0.2, -0.15) is 5.10 Å². The zero-order valence-corrected chi connectivity index (χ0v) is 11.1. The van der Waals surface area contributed by atoms with E-state index in [0.29, 0.717) is 12.2 Å². The largest absolute Gasteiger partial charge is 0.396 e. The lowest BCUT2D eigenvalue weighted by Crippen LogP contribution is -2.06. The van der Waals surface area contributed by atoms with Crippen LogP contribution in [0.5, 0.6) is 0 Å². The maximum atomic E-state index is 5.98. The minimum atomic E-state index is 0.692. The Morgan fingerprint density at radius 2 is 2.22 bits per heavy atom. The number of pyridine rings is 1. The highest BCUT2D eigenvalue weighted by Crippen LogP contribution is 2.19. The number of anilines is 2. The van der Waals surface area contributed by atoms with E-state index < -0.39 is 0 Å². The zero-order valence-electron chi connectivity index (χ0n) is 11.1. The second-order valence-electron chi connectivity index (χ2n) is 4.37. The lowest BCUT2D eigenvalue weighted by atomic mass is 10.2. The highest BCUT2D eigenvalue weighted by atomic mass is 15.3. The van der Waals surface area contributed by atoms with Crippen LogP contribution in [-0.4, -0.2) is 14.8 Å². The molecule has 5 nitrogen and oxygen atoms in total. The van der Waals surface area contributed by atoms with Crippen molar-refractivity contribution in [2.75, 3.05) is 11.1 Å². The number of hydrogen-bond donors (Lipinski definition) is 2. The van der Waals surface area contributed by atoms with Crippen LogP contribution in [0.4, 0.5) is 11.5 Å². The molecule has 0 atom stereocenters. The Labute approximate surface area is 107 Å². The number of aryl methyl sites for hydroxylation is 3. The molecule has 0 amide bonds. The summed E-state index contributed by atoms with van der Waals surface area (Å²) in [5, 5.41) is 7.68. The standard InChI is InChI=1S/C13H19N5/c1-4-11-10(8-18(3)17-11)7-16-13-12(14)9(2)5-6-15-13/h5-6,8H,4,7,14H2,1-3H3,(H,15,16). The van der Waals surface area contributed by atoms with Gasteiger partial charge in [0.15, 0.2) is 0 Å². The predicted molar refractivity (Wildman–Crippen MR) is 73.3 cm³/mol. The predicted octanol–water partition coefficient (Wildman–Crippen LogP) is 1.88. The minimum absolute atomic E-state index is 0.692. The summed E-state index contributed by atoms with van der Waals surface area (Å²) in [7, 11) is 1.93. The van der Waals surface area contributed by atoms with Crippen LogP contribution in [0.25, 0.3) is 0 Å². The lowest BCUT2D eigenvalue weighted by Gasteiger charge is -2.09. The molecule has 96 valence electrons. The molecule has 5 heteroatoms. The molecule has 2 rings (SSSR count). The Kier molecular flexibility index (Phi) is 3.50. The molecule has 2 heterocycles. The minimum Gasteiger partial charge on any atom is -0.396 e. The van der Waals surface area contributed by atoms with Gasteiger partial charge in [0.2, 0.25) is 0 Å². The molecule has 0 bridgehead atoms. The molecule has 0 aromatic carbocycles. The van der Waals surface area contributed by atoms with E-state index in [2.05, 4.69) is 22.3 Å². The highest BCUT2D eigenvalue weighted by molar-refractivity contribution is 5.64. The number of nitrogens with zero attached hydrogens (tertiary/aromatic N) is 3. The van der Waals surface area contributed by atoms with Crippen molar-refractivity contribution in [3.8, 4) is 0 Å². The summed E-state index contributed by atoms with van der Waals surface area (Å²) in [6.45, 7) is 4.77. The maximum Gasteiger partial charge on any atom is 0.149 e. The van der Waals surface area contributed by atoms with Crippen LogP contribution in [0.1, 0.15) is 23.7 Å². The first-order chi connectivity index (χ1) is 8.61. The first kappa shape index (κ1) is 12.4. The Hall–Kier alpha value is -2.04. The molecule has 0 saturated heterocycles. The van der Waals surface area contributed by atoms with Crippen molar-refractivity contribution in [3.63, 3.8) is 0 Å². The summed E-state index contributed by atoms with van der Waals surface area (Å²) in [4.78, 5) is 4.25. The summed E-state index contributed by atoms with van der Waals surface area (Å²) < 4.78 is 1.84. The van der Waals surface area contributed by atoms with Crippen LogP contribution >= 0.6 is 0 Å². The molecule has 0 saturated carbocycles. The lowest BCUT2D eigenvalue weighted by molar-refractivity contribution is 0.746. The Balaban J connectivity index is 2.13. The molecule has 2 aromatic rings. The van der Waals surface area contributed by atoms with Crippen LogP contribution in [0.15, 0.2) is 18.5 Å². The van der Waals surface area contributed by atoms with Gasteiger partial charge in [-0.15, -0.1) is 0 Å². The van der Waals surface area contributed by atoms with Crippen molar-refractivity contribution in [3.05, 3.63) is 35.3 Å². The van der Waals surface area contributed by atoms with E-state index >= 15 is 0 Å². The Morgan fingerprint density at radius 1 is 1.44 bits per heavy atom. The fraction of sp³-hybridized carbons (Fsp3) is 0.385. The summed E-state index contributed by atoms with van der Waals surface area (Å²) in [5.41, 5.74) is 10.0. The summed E-state index contributed by atoms with van der Waals surface area (Å²) in [6.07, 6.45) is 4.71. The molecule has 0 unspecified atom stereocenters. The average Bonchev–Trinajstić information content (AvgIpc) is 2.71. The third-order valence-electron chi connectivity index (χ3n) is 2.98. The van der Waals surface area contributed by atoms with Gasteiger partial charge in [0.25, 0.3) is 0 Å². The number of nitrogens with one attached hydrogen (secondary N) is 1. The van der Waals surface area contributed by atoms with Gasteiger partial charge >= 0.3 is 0 Å². The van der Waals surface area contributed by atoms with Gasteiger partial charge in [0.1, 0.15) is 5.82 Å². The second kappa shape index (κ2) is 5.08. The van der Waals surface area contributed by atoms with E-state index in [4.69, 9.17) is 5.73 Å². The Morgan fingerprint density at radius 3 is 2.94 bits per heavy atom. The van der Waals surface area contributed by atoms with Crippen molar-refractivity contribution in [1.29, 1.82) is 0 Å². The van der Waals surface area contributed by atoms with E-state index in [1.807, 2.05) is 30.9 Å². The normalized spacial score (nSPS) is 10.6. The fourth-order valence-electron chi connectivity index (χ4n) is 1.92. The number of nitrogens with two attached hydrogens (primary N) is 1. The van der Waals surface area contributed by atoms with Gasteiger partial charge in [-0.05, 0) is 25.0 Å². The first-order valence-electron chi connectivity index (χ1n) is 6.08. The summed E-state index contributed by atoms with van der Waals surface area (Å²) >= 11 is 0. The third kappa shape index (κ3) is 2.45. The molecule has 0 radical (unpaired) electrons. The molecule has 3 N–H and O–H groups in total. The molecular formula is C13H19N5. The molecule has 0 fully saturated rings. The van der Waals surface area contributed by atoms with Crippen molar-refractivity contribution in [2.24, 2.45) is 7.05 Å². The topological polar surface area (TPSA) is 68.8 Å². The molecule has 0 aliphatic heterocycles. The quantitative estimate of drug-likeness (QED) is 0.863. The first-order valence-corrected chi connectivity index (χ1v) is 6.08. The second-order valence-corrected chi connectivity index (χ2v) is 4.37. The summed E-state index contributed by atoms with van der Waals surface area (Å²) in [5.74, 6) is 0.737. The van der Waals surface area contributed by atoms with E-state index in [1.54, 1.807) is 6.20 Å². The molecular weight excluding hydrogens is 226 g/mol. The third-order valence-corrected chi connectivity index (χ3v) is 2.98. The van der Waals surface area contributed by atoms with Gasteiger partial charge < -0.3 is 11.1 Å². The van der Waals surface area contributed by atoms with Crippen molar-refractivity contribution >= 4 is 11.5 Å². The maximum absolute atomic E-state index is 5.98. The monoisotopic (exact) mass is 245 g/mol. The molecule has 0 aliphatic rings. The van der Waals surface area contributed by atoms with E-state index in [9.17, 15) is 0 Å². The number of nitrogen functional groups attached to an aromatic ring is 1. The van der Waals surface area contributed by atoms with Crippen LogP contribution in [0.2, 0.25) is 0 Å². The van der Waals surface area contributed by atoms with Crippen LogP contribution in [0, 0.1) is 6.92 Å². The fourth-order valence-corrected chi connectivity index (χ4v) is 1.92. The number of rotatable bonds is 4. The Bertz CT molecular complexity index is 544. The SMILES string of the molecule is CCc1nn(C)cc1CNc1nccc(C)c1N. The smallest absolute Gasteiger partial charge is 0.149 e. The summed E-state index contributed by atoms with van der Waals surface area (Å²) in [6, 6.07) is 1.90. The molecule has 0 spiro atoms. The van der Waals surface area contributed by atoms with Gasteiger partial charge in [0.05, 0.1) is 11.4 Å². The zero-order chi connectivity index (χ0) is 13.1. The van der Waals surface area contributed by atoms with Crippen molar-refractivity contribution < 1.29 is 0 Å². The number of hydrogen-bond acceptors (Lipinski definition) is 4. The van der Waals surface area contributed by atoms with Gasteiger partial charge in [-0.3, -0.25) is 4.68 Å². The van der Waals surface area contributed by atoms with Gasteiger partial charge in [0, 0.05) is 31.5 Å². The van der Waals surface area contributed by atoms with Crippen LogP contribution in [0.3, 0.4) is 0 Å².